The Morgan fingerprint density at radius 3 is 2.53 bits per heavy atom. The second-order valence-electron chi connectivity index (χ2n) is 3.78. The number of aliphatic hydroxyl groups is 1. The highest BCUT2D eigenvalue weighted by molar-refractivity contribution is 7.11. The average molecular weight is 255 g/mol. The van der Waals surface area contributed by atoms with E-state index in [1.54, 1.807) is 6.92 Å². The molecular weight excluding hydrogens is 244 g/mol. The van der Waals surface area contributed by atoms with Crippen molar-refractivity contribution in [3.8, 4) is 0 Å². The van der Waals surface area contributed by atoms with Crippen LogP contribution in [0.2, 0.25) is 0 Å². The van der Waals surface area contributed by atoms with Crippen molar-refractivity contribution in [1.29, 1.82) is 0 Å². The van der Waals surface area contributed by atoms with Gasteiger partial charge >= 0.3 is 0 Å². The third-order valence-corrected chi connectivity index (χ3v) is 3.47. The van der Waals surface area contributed by atoms with E-state index in [2.05, 4.69) is 4.98 Å². The molecule has 0 amide bonds. The lowest BCUT2D eigenvalue weighted by Crippen LogP contribution is -2.03. The van der Waals surface area contributed by atoms with Gasteiger partial charge in [0.2, 0.25) is 0 Å². The monoisotopic (exact) mass is 255 g/mol. The van der Waals surface area contributed by atoms with Gasteiger partial charge in [-0.25, -0.2) is 13.8 Å². The van der Waals surface area contributed by atoms with Crippen molar-refractivity contribution in [2.75, 3.05) is 0 Å². The van der Waals surface area contributed by atoms with Gasteiger partial charge in [0.25, 0.3) is 0 Å². The van der Waals surface area contributed by atoms with Gasteiger partial charge in [-0.1, -0.05) is 12.1 Å². The highest BCUT2D eigenvalue weighted by Gasteiger charge is 2.20. The Morgan fingerprint density at radius 1 is 1.24 bits per heavy atom. The zero-order chi connectivity index (χ0) is 12.6. The Kier molecular flexibility index (Phi) is 3.22. The minimum atomic E-state index is -1.17. The Hall–Kier alpha value is -1.33. The molecule has 0 bridgehead atoms. The molecule has 0 spiro atoms. The SMILES string of the molecule is Cc1ncc(C(O)c2ccc(C)c(F)c2F)s1. The molecule has 5 heteroatoms. The van der Waals surface area contributed by atoms with Crippen LogP contribution in [0.1, 0.15) is 27.1 Å². The molecule has 1 unspecified atom stereocenters. The van der Waals surface area contributed by atoms with Crippen LogP contribution in [0, 0.1) is 25.5 Å². The molecule has 2 aromatic rings. The summed E-state index contributed by atoms with van der Waals surface area (Å²) in [6.45, 7) is 3.26. The van der Waals surface area contributed by atoms with Crippen LogP contribution in [0.4, 0.5) is 8.78 Å². The van der Waals surface area contributed by atoms with E-state index in [0.29, 0.717) is 4.88 Å². The first-order chi connectivity index (χ1) is 8.00. The van der Waals surface area contributed by atoms with Crippen molar-refractivity contribution >= 4 is 11.3 Å². The van der Waals surface area contributed by atoms with Crippen molar-refractivity contribution in [2.45, 2.75) is 20.0 Å². The third-order valence-electron chi connectivity index (χ3n) is 2.51. The Bertz CT molecular complexity index is 553. The van der Waals surface area contributed by atoms with E-state index >= 15 is 0 Å². The molecular formula is C12H11F2NOS. The van der Waals surface area contributed by atoms with Crippen LogP contribution < -0.4 is 0 Å². The molecule has 0 saturated carbocycles. The molecule has 17 heavy (non-hydrogen) atoms. The van der Waals surface area contributed by atoms with Gasteiger partial charge < -0.3 is 5.11 Å². The van der Waals surface area contributed by atoms with E-state index in [1.165, 1.54) is 36.6 Å². The quantitative estimate of drug-likeness (QED) is 0.894. The van der Waals surface area contributed by atoms with Gasteiger partial charge in [-0.2, -0.15) is 0 Å². The van der Waals surface area contributed by atoms with Crippen LogP contribution >= 0.6 is 11.3 Å². The number of aromatic nitrogens is 1. The molecule has 90 valence electrons. The summed E-state index contributed by atoms with van der Waals surface area (Å²) >= 11 is 1.26. The summed E-state index contributed by atoms with van der Waals surface area (Å²) in [5.74, 6) is -1.91. The smallest absolute Gasteiger partial charge is 0.165 e. The molecule has 2 nitrogen and oxygen atoms in total. The van der Waals surface area contributed by atoms with E-state index in [1.807, 2.05) is 0 Å². The van der Waals surface area contributed by atoms with Crippen LogP contribution in [0.5, 0.6) is 0 Å². The molecule has 0 saturated heterocycles. The second kappa shape index (κ2) is 4.50. The summed E-state index contributed by atoms with van der Waals surface area (Å²) in [5, 5.41) is 10.7. The van der Waals surface area contributed by atoms with Crippen molar-refractivity contribution in [2.24, 2.45) is 0 Å². The first kappa shape index (κ1) is 12.1. The molecule has 0 fully saturated rings. The highest BCUT2D eigenvalue weighted by atomic mass is 32.1. The zero-order valence-corrected chi connectivity index (χ0v) is 10.2. The maximum absolute atomic E-state index is 13.7. The normalized spacial score (nSPS) is 12.8. The van der Waals surface area contributed by atoms with E-state index in [-0.39, 0.29) is 11.1 Å². The van der Waals surface area contributed by atoms with Gasteiger partial charge in [0.15, 0.2) is 11.6 Å². The third kappa shape index (κ3) is 2.21. The number of benzene rings is 1. The van der Waals surface area contributed by atoms with Crippen molar-refractivity contribution in [3.63, 3.8) is 0 Å². The van der Waals surface area contributed by atoms with E-state index in [4.69, 9.17) is 0 Å². The Morgan fingerprint density at radius 2 is 1.94 bits per heavy atom. The van der Waals surface area contributed by atoms with Gasteiger partial charge in [-0.3, -0.25) is 0 Å². The number of hydrogen-bond acceptors (Lipinski definition) is 3. The van der Waals surface area contributed by atoms with Gasteiger partial charge in [-0.05, 0) is 19.4 Å². The van der Waals surface area contributed by atoms with E-state index < -0.39 is 17.7 Å². The van der Waals surface area contributed by atoms with Gasteiger partial charge in [-0.15, -0.1) is 11.3 Å². The molecule has 0 aliphatic carbocycles. The summed E-state index contributed by atoms with van der Waals surface area (Å²) in [6.07, 6.45) is 0.304. The largest absolute Gasteiger partial charge is 0.383 e. The van der Waals surface area contributed by atoms with Crippen LogP contribution in [0.3, 0.4) is 0 Å². The predicted molar refractivity (Wildman–Crippen MR) is 62.0 cm³/mol. The number of aryl methyl sites for hydroxylation is 2. The summed E-state index contributed by atoms with van der Waals surface area (Å²) in [7, 11) is 0. The van der Waals surface area contributed by atoms with Crippen LogP contribution in [0.25, 0.3) is 0 Å². The lowest BCUT2D eigenvalue weighted by Gasteiger charge is -2.11. The van der Waals surface area contributed by atoms with E-state index in [0.717, 1.165) is 5.01 Å². The molecule has 1 aromatic heterocycles. The molecule has 1 aromatic carbocycles. The maximum atomic E-state index is 13.7. The number of nitrogens with zero attached hydrogens (tertiary/aromatic N) is 1. The molecule has 2 rings (SSSR count). The number of rotatable bonds is 2. The summed E-state index contributed by atoms with van der Waals surface area (Å²) in [5.41, 5.74) is 0.163. The minimum absolute atomic E-state index is 0.0586. The second-order valence-corrected chi connectivity index (χ2v) is 5.05. The van der Waals surface area contributed by atoms with E-state index in [9.17, 15) is 13.9 Å². The molecule has 1 N–H and O–H groups in total. The minimum Gasteiger partial charge on any atom is -0.383 e. The lowest BCUT2D eigenvalue weighted by molar-refractivity contribution is 0.216. The summed E-state index contributed by atoms with van der Waals surface area (Å²) in [6, 6.07) is 2.85. The van der Waals surface area contributed by atoms with Crippen molar-refractivity contribution in [3.05, 3.63) is 51.0 Å². The summed E-state index contributed by atoms with van der Waals surface area (Å²) in [4.78, 5) is 4.48. The first-order valence-corrected chi connectivity index (χ1v) is 5.87. The number of thiazole rings is 1. The molecule has 0 aliphatic heterocycles. The van der Waals surface area contributed by atoms with Crippen LogP contribution in [0.15, 0.2) is 18.3 Å². The van der Waals surface area contributed by atoms with Gasteiger partial charge in [0, 0.05) is 11.8 Å². The highest BCUT2D eigenvalue weighted by Crippen LogP contribution is 2.29. The Labute approximate surface area is 102 Å². The molecule has 0 radical (unpaired) electrons. The fraction of sp³-hybridized carbons (Fsp3) is 0.250. The molecule has 0 aliphatic rings. The Balaban J connectivity index is 2.44. The standard InChI is InChI=1S/C12H11F2NOS/c1-6-3-4-8(11(14)10(6)13)12(16)9-5-15-7(2)17-9/h3-5,12,16H,1-2H3. The van der Waals surface area contributed by atoms with Gasteiger partial charge in [0.1, 0.15) is 6.10 Å². The number of halogens is 2. The molecule has 1 atom stereocenters. The average Bonchev–Trinajstić information content (AvgIpc) is 2.72. The molecule has 1 heterocycles. The van der Waals surface area contributed by atoms with Crippen molar-refractivity contribution < 1.29 is 13.9 Å². The number of aliphatic hydroxyl groups excluding tert-OH is 1. The van der Waals surface area contributed by atoms with Crippen molar-refractivity contribution in [1.82, 2.24) is 4.98 Å². The first-order valence-electron chi connectivity index (χ1n) is 5.05. The summed E-state index contributed by atoms with van der Waals surface area (Å²) < 4.78 is 27.0. The van der Waals surface area contributed by atoms with Crippen LogP contribution in [-0.2, 0) is 0 Å². The van der Waals surface area contributed by atoms with Gasteiger partial charge in [0.05, 0.1) is 9.88 Å². The predicted octanol–water partition coefficient (Wildman–Crippen LogP) is 3.12. The fourth-order valence-electron chi connectivity index (χ4n) is 1.53. The lowest BCUT2D eigenvalue weighted by atomic mass is 10.1. The van der Waals surface area contributed by atoms with Crippen LogP contribution in [-0.4, -0.2) is 10.1 Å². The maximum Gasteiger partial charge on any atom is 0.165 e. The number of hydrogen-bond donors (Lipinski definition) is 1. The topological polar surface area (TPSA) is 33.1 Å². The zero-order valence-electron chi connectivity index (χ0n) is 9.37. The fourth-order valence-corrected chi connectivity index (χ4v) is 2.32.